The number of rotatable bonds is 7. The predicted molar refractivity (Wildman–Crippen MR) is 93.7 cm³/mol. The van der Waals surface area contributed by atoms with E-state index in [2.05, 4.69) is 37.4 Å². The Bertz CT molecular complexity index is 653. The summed E-state index contributed by atoms with van der Waals surface area (Å²) in [5, 5.41) is 15.6. The summed E-state index contributed by atoms with van der Waals surface area (Å²) in [7, 11) is 1.91. The fourth-order valence-corrected chi connectivity index (χ4v) is 2.54. The Morgan fingerprint density at radius 1 is 1.32 bits per heavy atom. The molecule has 0 unspecified atom stereocenters. The van der Waals surface area contributed by atoms with Crippen molar-refractivity contribution in [1.29, 1.82) is 5.41 Å². The Morgan fingerprint density at radius 2 is 2.05 bits per heavy atom. The second-order valence-electron chi connectivity index (χ2n) is 5.31. The lowest BCUT2D eigenvalue weighted by Gasteiger charge is -2.07. The topological polar surface area (TPSA) is 53.7 Å². The van der Waals surface area contributed by atoms with E-state index in [1.807, 2.05) is 29.9 Å². The van der Waals surface area contributed by atoms with Crippen LogP contribution < -0.4 is 5.32 Å². The van der Waals surface area contributed by atoms with Crippen LogP contribution in [0.5, 0.6) is 0 Å². The molecule has 0 aliphatic carbocycles. The normalized spacial score (nSPS) is 11.5. The molecule has 0 fully saturated rings. The van der Waals surface area contributed by atoms with E-state index in [1.165, 1.54) is 11.8 Å². The van der Waals surface area contributed by atoms with Crippen molar-refractivity contribution in [3.05, 3.63) is 53.2 Å². The second kappa shape index (κ2) is 7.59. The zero-order valence-corrected chi connectivity index (χ0v) is 13.6. The minimum Gasteiger partial charge on any atom is -0.373 e. The maximum absolute atomic E-state index is 7.67. The lowest BCUT2D eigenvalue weighted by molar-refractivity contribution is 0.691. The Balaban J connectivity index is 2.39. The van der Waals surface area contributed by atoms with Gasteiger partial charge in [-0.2, -0.15) is 5.10 Å². The standard InChI is InChI=1S/C18H24N4/c1-4-5-11-16(12-19)17-14(2)18(20-3)22(21-17)13-15-9-7-6-8-10-15/h6-12,19-20H,4-5,13H2,1-3H3/b16-11+,19-12?. The van der Waals surface area contributed by atoms with E-state index in [-0.39, 0.29) is 0 Å². The lowest BCUT2D eigenvalue weighted by Crippen LogP contribution is -2.06. The number of hydrogen-bond donors (Lipinski definition) is 2. The second-order valence-corrected chi connectivity index (χ2v) is 5.31. The molecule has 0 saturated heterocycles. The summed E-state index contributed by atoms with van der Waals surface area (Å²) in [5.74, 6) is 1.00. The molecule has 0 aliphatic heterocycles. The Labute approximate surface area is 132 Å². The molecule has 0 radical (unpaired) electrons. The van der Waals surface area contributed by atoms with Crippen molar-refractivity contribution < 1.29 is 0 Å². The number of anilines is 1. The quantitative estimate of drug-likeness (QED) is 0.755. The smallest absolute Gasteiger partial charge is 0.127 e. The molecule has 2 rings (SSSR count). The molecule has 1 aromatic heterocycles. The van der Waals surface area contributed by atoms with E-state index in [4.69, 9.17) is 10.5 Å². The van der Waals surface area contributed by atoms with Gasteiger partial charge in [0.1, 0.15) is 5.82 Å². The van der Waals surface area contributed by atoms with Crippen molar-refractivity contribution in [2.45, 2.75) is 33.2 Å². The highest BCUT2D eigenvalue weighted by molar-refractivity contribution is 6.08. The van der Waals surface area contributed by atoms with Crippen LogP contribution in [0.15, 0.2) is 36.4 Å². The molecular formula is C18H24N4. The van der Waals surface area contributed by atoms with E-state index >= 15 is 0 Å². The number of aromatic nitrogens is 2. The first-order chi connectivity index (χ1) is 10.7. The summed E-state index contributed by atoms with van der Waals surface area (Å²) in [6, 6.07) is 10.3. The fourth-order valence-electron chi connectivity index (χ4n) is 2.54. The molecule has 0 aliphatic rings. The predicted octanol–water partition coefficient (Wildman–Crippen LogP) is 4.11. The molecule has 22 heavy (non-hydrogen) atoms. The van der Waals surface area contributed by atoms with Gasteiger partial charge in [0.15, 0.2) is 0 Å². The van der Waals surface area contributed by atoms with Crippen LogP contribution in [-0.2, 0) is 6.54 Å². The molecule has 2 aromatic rings. The summed E-state index contributed by atoms with van der Waals surface area (Å²) in [5.41, 5.74) is 4.08. The molecule has 1 aromatic carbocycles. The van der Waals surface area contributed by atoms with Gasteiger partial charge in [-0.05, 0) is 18.9 Å². The van der Waals surface area contributed by atoms with Gasteiger partial charge in [0.25, 0.3) is 0 Å². The van der Waals surface area contributed by atoms with Crippen LogP contribution in [-0.4, -0.2) is 23.0 Å². The van der Waals surface area contributed by atoms with Gasteiger partial charge in [0, 0.05) is 24.4 Å². The van der Waals surface area contributed by atoms with Crippen molar-refractivity contribution in [3.63, 3.8) is 0 Å². The Morgan fingerprint density at radius 3 is 2.64 bits per heavy atom. The first kappa shape index (κ1) is 16.0. The van der Waals surface area contributed by atoms with Crippen LogP contribution in [0.1, 0.15) is 36.6 Å². The van der Waals surface area contributed by atoms with E-state index in [9.17, 15) is 0 Å². The molecule has 4 heteroatoms. The molecule has 2 N–H and O–H groups in total. The summed E-state index contributed by atoms with van der Waals surface area (Å²) >= 11 is 0. The highest BCUT2D eigenvalue weighted by atomic mass is 15.3. The van der Waals surface area contributed by atoms with E-state index in [0.717, 1.165) is 42.0 Å². The molecule has 0 bridgehead atoms. The first-order valence-electron chi connectivity index (χ1n) is 7.71. The molecule has 0 atom stereocenters. The van der Waals surface area contributed by atoms with Crippen LogP contribution in [0.4, 0.5) is 5.82 Å². The zero-order chi connectivity index (χ0) is 15.9. The van der Waals surface area contributed by atoms with Crippen molar-refractivity contribution in [2.75, 3.05) is 12.4 Å². The summed E-state index contributed by atoms with van der Waals surface area (Å²) in [6.07, 6.45) is 5.52. The zero-order valence-electron chi connectivity index (χ0n) is 13.6. The monoisotopic (exact) mass is 296 g/mol. The molecular weight excluding hydrogens is 272 g/mol. The Hall–Kier alpha value is -2.36. The third-order valence-electron chi connectivity index (χ3n) is 3.68. The molecule has 1 heterocycles. The van der Waals surface area contributed by atoms with Gasteiger partial charge in [0.05, 0.1) is 12.2 Å². The highest BCUT2D eigenvalue weighted by Crippen LogP contribution is 2.25. The van der Waals surface area contributed by atoms with Crippen molar-refractivity contribution >= 4 is 17.6 Å². The molecule has 116 valence electrons. The van der Waals surface area contributed by atoms with E-state index in [0.29, 0.717) is 0 Å². The van der Waals surface area contributed by atoms with Gasteiger partial charge >= 0.3 is 0 Å². The average Bonchev–Trinajstić information content (AvgIpc) is 2.85. The van der Waals surface area contributed by atoms with Gasteiger partial charge in [0.2, 0.25) is 0 Å². The van der Waals surface area contributed by atoms with Crippen molar-refractivity contribution in [3.8, 4) is 0 Å². The van der Waals surface area contributed by atoms with Crippen LogP contribution in [0.3, 0.4) is 0 Å². The fraction of sp³-hybridized carbons (Fsp3) is 0.333. The van der Waals surface area contributed by atoms with E-state index < -0.39 is 0 Å². The SMILES string of the molecule is CCC/C=C(\C=N)c1nn(Cc2ccccc2)c(NC)c1C. The Kier molecular flexibility index (Phi) is 5.53. The van der Waals surface area contributed by atoms with Crippen LogP contribution in [0.2, 0.25) is 0 Å². The van der Waals surface area contributed by atoms with E-state index in [1.54, 1.807) is 0 Å². The molecule has 0 saturated carbocycles. The van der Waals surface area contributed by atoms with Crippen molar-refractivity contribution in [2.24, 2.45) is 0 Å². The number of nitrogens with zero attached hydrogens (tertiary/aromatic N) is 2. The maximum Gasteiger partial charge on any atom is 0.127 e. The summed E-state index contributed by atoms with van der Waals surface area (Å²) in [4.78, 5) is 0. The minimum absolute atomic E-state index is 0.719. The number of nitrogens with one attached hydrogen (secondary N) is 2. The average molecular weight is 296 g/mol. The number of unbranched alkanes of at least 4 members (excludes halogenated alkanes) is 1. The molecule has 4 nitrogen and oxygen atoms in total. The van der Waals surface area contributed by atoms with Gasteiger partial charge < -0.3 is 10.7 Å². The number of hydrogen-bond acceptors (Lipinski definition) is 3. The van der Waals surface area contributed by atoms with Crippen molar-refractivity contribution in [1.82, 2.24) is 9.78 Å². The number of benzene rings is 1. The molecule has 0 amide bonds. The third kappa shape index (κ3) is 3.45. The van der Waals surface area contributed by atoms with Crippen LogP contribution in [0, 0.1) is 12.3 Å². The summed E-state index contributed by atoms with van der Waals surface area (Å²) in [6.45, 7) is 4.91. The van der Waals surface area contributed by atoms with Crippen LogP contribution in [0.25, 0.3) is 5.57 Å². The minimum atomic E-state index is 0.719. The van der Waals surface area contributed by atoms with Gasteiger partial charge in [-0.15, -0.1) is 0 Å². The largest absolute Gasteiger partial charge is 0.373 e. The number of allylic oxidation sites excluding steroid dienone is 2. The third-order valence-corrected chi connectivity index (χ3v) is 3.68. The van der Waals surface area contributed by atoms with Gasteiger partial charge in [-0.25, -0.2) is 4.68 Å². The first-order valence-corrected chi connectivity index (χ1v) is 7.71. The van der Waals surface area contributed by atoms with Crippen LogP contribution >= 0.6 is 0 Å². The molecule has 0 spiro atoms. The summed E-state index contributed by atoms with van der Waals surface area (Å²) < 4.78 is 1.98. The van der Waals surface area contributed by atoms with Gasteiger partial charge in [-0.3, -0.25) is 0 Å². The van der Waals surface area contributed by atoms with Gasteiger partial charge in [-0.1, -0.05) is 49.8 Å². The maximum atomic E-state index is 7.67. The lowest BCUT2D eigenvalue weighted by atomic mass is 10.1. The highest BCUT2D eigenvalue weighted by Gasteiger charge is 2.15.